The molecule has 3 aromatic rings. The summed E-state index contributed by atoms with van der Waals surface area (Å²) in [7, 11) is -1.21. The number of nitrogens with zero attached hydrogens (tertiary/aromatic N) is 2. The zero-order valence-electron chi connectivity index (χ0n) is 17.2. The summed E-state index contributed by atoms with van der Waals surface area (Å²) in [6.45, 7) is 2.84. The molecule has 3 heterocycles. The summed E-state index contributed by atoms with van der Waals surface area (Å²) in [5, 5.41) is 0. The predicted molar refractivity (Wildman–Crippen MR) is 126 cm³/mol. The summed E-state index contributed by atoms with van der Waals surface area (Å²) in [5.74, 6) is 1.02. The topological polar surface area (TPSA) is 73.2 Å². The van der Waals surface area contributed by atoms with E-state index in [0.29, 0.717) is 22.9 Å². The Morgan fingerprint density at radius 2 is 1.74 bits per heavy atom. The van der Waals surface area contributed by atoms with Crippen LogP contribution >= 0.6 is 21.9 Å². The maximum atomic E-state index is 13.2. The number of rotatable bonds is 3. The number of hydrogen-bond donors (Lipinski definition) is 2. The van der Waals surface area contributed by atoms with E-state index in [1.165, 1.54) is 11.3 Å². The Morgan fingerprint density at radius 1 is 1.03 bits per heavy atom. The Labute approximate surface area is 187 Å². The van der Waals surface area contributed by atoms with Gasteiger partial charge in [-0.2, -0.15) is 10.6 Å². The van der Waals surface area contributed by atoms with Gasteiger partial charge in [0.15, 0.2) is 0 Å². The normalized spacial score (nSPS) is 18.2. The first-order valence-corrected chi connectivity index (χ1v) is 12.7. The SMILES string of the molecule is COc1ccc(N2CCN(C(=O)c3cc4c(s3)-c3ccccc3S(O)(O)C4)CC2)cc1. The molecule has 1 fully saturated rings. The average Bonchev–Trinajstić information content (AvgIpc) is 3.22. The molecule has 0 saturated carbocycles. The molecular formula is C23H24N2O4S2. The molecule has 6 nitrogen and oxygen atoms in total. The third-order valence-electron chi connectivity index (χ3n) is 5.86. The minimum absolute atomic E-state index is 0.0164. The van der Waals surface area contributed by atoms with Crippen LogP contribution in [0.5, 0.6) is 5.75 Å². The van der Waals surface area contributed by atoms with E-state index in [1.54, 1.807) is 13.2 Å². The summed E-state index contributed by atoms with van der Waals surface area (Å²) < 4.78 is 26.4. The van der Waals surface area contributed by atoms with Crippen molar-refractivity contribution in [2.24, 2.45) is 0 Å². The molecule has 5 rings (SSSR count). The van der Waals surface area contributed by atoms with Crippen LogP contribution in [0.4, 0.5) is 5.69 Å². The van der Waals surface area contributed by atoms with E-state index in [9.17, 15) is 13.9 Å². The first kappa shape index (κ1) is 20.4. The Bertz CT molecular complexity index is 1120. The summed E-state index contributed by atoms with van der Waals surface area (Å²) in [4.78, 5) is 19.6. The lowest BCUT2D eigenvalue weighted by atomic mass is 10.1. The van der Waals surface area contributed by atoms with Gasteiger partial charge in [-0.3, -0.25) is 13.9 Å². The number of carbonyl (C=O) groups excluding carboxylic acids is 1. The molecule has 0 unspecified atom stereocenters. The molecule has 1 amide bonds. The molecule has 0 atom stereocenters. The van der Waals surface area contributed by atoms with E-state index in [2.05, 4.69) is 4.90 Å². The number of hydrogen-bond acceptors (Lipinski definition) is 6. The number of anilines is 1. The lowest BCUT2D eigenvalue weighted by Gasteiger charge is -2.37. The second kappa shape index (κ2) is 7.87. The zero-order valence-corrected chi connectivity index (χ0v) is 18.8. The van der Waals surface area contributed by atoms with Crippen LogP contribution in [0, 0.1) is 0 Å². The lowest BCUT2D eigenvalue weighted by molar-refractivity contribution is 0.0751. The molecule has 1 saturated heterocycles. The van der Waals surface area contributed by atoms with Gasteiger partial charge in [0, 0.05) is 42.3 Å². The smallest absolute Gasteiger partial charge is 0.264 e. The van der Waals surface area contributed by atoms with Crippen molar-refractivity contribution >= 4 is 33.5 Å². The highest BCUT2D eigenvalue weighted by Crippen LogP contribution is 2.60. The Morgan fingerprint density at radius 3 is 2.45 bits per heavy atom. The van der Waals surface area contributed by atoms with Crippen molar-refractivity contribution in [2.75, 3.05) is 38.2 Å². The van der Waals surface area contributed by atoms with Crippen LogP contribution in [-0.4, -0.2) is 53.2 Å². The van der Waals surface area contributed by atoms with Crippen molar-refractivity contribution in [2.45, 2.75) is 10.6 Å². The molecule has 162 valence electrons. The Balaban J connectivity index is 1.32. The number of amides is 1. The maximum absolute atomic E-state index is 13.2. The fourth-order valence-electron chi connectivity index (χ4n) is 4.22. The van der Waals surface area contributed by atoms with Gasteiger partial charge in [-0.25, -0.2) is 0 Å². The van der Waals surface area contributed by atoms with Gasteiger partial charge in [-0.1, -0.05) is 18.2 Å². The quantitative estimate of drug-likeness (QED) is 0.580. The molecule has 0 bridgehead atoms. The van der Waals surface area contributed by atoms with Crippen LogP contribution < -0.4 is 9.64 Å². The fourth-order valence-corrected chi connectivity index (χ4v) is 7.20. The van der Waals surface area contributed by atoms with E-state index in [-0.39, 0.29) is 11.7 Å². The van der Waals surface area contributed by atoms with Crippen molar-refractivity contribution in [3.8, 4) is 16.2 Å². The van der Waals surface area contributed by atoms with Gasteiger partial charge in [0.1, 0.15) is 5.75 Å². The van der Waals surface area contributed by atoms with Crippen molar-refractivity contribution in [1.82, 2.24) is 4.90 Å². The van der Waals surface area contributed by atoms with Crippen molar-refractivity contribution in [3.05, 3.63) is 65.0 Å². The van der Waals surface area contributed by atoms with Crippen LogP contribution in [0.1, 0.15) is 15.2 Å². The molecule has 8 heteroatoms. The monoisotopic (exact) mass is 456 g/mol. The average molecular weight is 457 g/mol. The molecule has 0 spiro atoms. The highest BCUT2D eigenvalue weighted by molar-refractivity contribution is 8.23. The predicted octanol–water partition coefficient (Wildman–Crippen LogP) is 5.01. The number of fused-ring (bicyclic) bond motifs is 3. The molecule has 0 aliphatic carbocycles. The van der Waals surface area contributed by atoms with Crippen LogP contribution in [-0.2, 0) is 5.75 Å². The van der Waals surface area contributed by atoms with E-state index in [0.717, 1.165) is 40.5 Å². The highest BCUT2D eigenvalue weighted by Gasteiger charge is 2.32. The molecule has 2 aliphatic rings. The summed E-state index contributed by atoms with van der Waals surface area (Å²) in [5.41, 5.74) is 2.81. The Kier molecular flexibility index (Phi) is 5.18. The van der Waals surface area contributed by atoms with Gasteiger partial charge in [0.2, 0.25) is 0 Å². The molecule has 31 heavy (non-hydrogen) atoms. The van der Waals surface area contributed by atoms with Crippen LogP contribution in [0.25, 0.3) is 10.4 Å². The highest BCUT2D eigenvalue weighted by atomic mass is 32.3. The minimum Gasteiger partial charge on any atom is -0.497 e. The minimum atomic E-state index is -2.87. The number of thiophene rings is 1. The van der Waals surface area contributed by atoms with Crippen LogP contribution in [0.15, 0.2) is 59.5 Å². The Hall–Kier alpha value is -2.52. The molecule has 1 aromatic heterocycles. The summed E-state index contributed by atoms with van der Waals surface area (Å²) in [6.07, 6.45) is 0. The lowest BCUT2D eigenvalue weighted by Crippen LogP contribution is -2.48. The number of methoxy groups -OCH3 is 1. The van der Waals surface area contributed by atoms with Gasteiger partial charge in [0.05, 0.1) is 22.6 Å². The van der Waals surface area contributed by atoms with Gasteiger partial charge in [0.25, 0.3) is 5.91 Å². The molecule has 2 N–H and O–H groups in total. The first-order chi connectivity index (χ1) is 15.0. The third-order valence-corrected chi connectivity index (χ3v) is 8.84. The standard InChI is InChI=1S/C23H24N2O4S2/c1-29-18-8-6-17(7-9-18)24-10-12-25(13-11-24)23(26)20-14-16-15-31(27,28)21-5-3-2-4-19(21)22(16)30-20/h2-9,14,27-28H,10-13,15H2,1H3. The molecule has 0 radical (unpaired) electrons. The summed E-state index contributed by atoms with van der Waals surface area (Å²) in [6, 6.07) is 17.2. The van der Waals surface area contributed by atoms with E-state index in [1.807, 2.05) is 53.4 Å². The third kappa shape index (κ3) is 3.70. The van der Waals surface area contributed by atoms with Crippen molar-refractivity contribution < 1.29 is 18.6 Å². The van der Waals surface area contributed by atoms with Gasteiger partial charge in [-0.05, 0) is 42.0 Å². The molecule has 2 aromatic carbocycles. The largest absolute Gasteiger partial charge is 0.497 e. The molecule has 2 aliphatic heterocycles. The number of piperazine rings is 1. The number of carbonyl (C=O) groups is 1. The summed E-state index contributed by atoms with van der Waals surface area (Å²) >= 11 is 1.45. The maximum Gasteiger partial charge on any atom is 0.264 e. The van der Waals surface area contributed by atoms with Gasteiger partial charge in [-0.15, -0.1) is 11.3 Å². The number of benzene rings is 2. The second-order valence-corrected chi connectivity index (χ2v) is 10.9. The van der Waals surface area contributed by atoms with Crippen LogP contribution in [0.3, 0.4) is 0 Å². The first-order valence-electron chi connectivity index (χ1n) is 10.1. The van der Waals surface area contributed by atoms with E-state index < -0.39 is 10.6 Å². The number of ether oxygens (including phenoxy) is 1. The van der Waals surface area contributed by atoms with E-state index >= 15 is 0 Å². The van der Waals surface area contributed by atoms with Gasteiger partial charge >= 0.3 is 0 Å². The van der Waals surface area contributed by atoms with Gasteiger partial charge < -0.3 is 14.5 Å². The van der Waals surface area contributed by atoms with Crippen LogP contribution in [0.2, 0.25) is 0 Å². The zero-order chi connectivity index (χ0) is 21.6. The second-order valence-electron chi connectivity index (χ2n) is 7.75. The van der Waals surface area contributed by atoms with Crippen molar-refractivity contribution in [3.63, 3.8) is 0 Å². The van der Waals surface area contributed by atoms with E-state index in [4.69, 9.17) is 4.74 Å². The van der Waals surface area contributed by atoms with Crippen molar-refractivity contribution in [1.29, 1.82) is 0 Å². The molecular weight excluding hydrogens is 432 g/mol. The fraction of sp³-hybridized carbons (Fsp3) is 0.261.